The van der Waals surface area contributed by atoms with E-state index in [9.17, 15) is 4.79 Å². The van der Waals surface area contributed by atoms with Crippen molar-refractivity contribution in [2.45, 2.75) is 20.3 Å². The number of thiazole rings is 1. The first-order valence-electron chi connectivity index (χ1n) is 9.04. The molecule has 1 saturated heterocycles. The number of piperazine rings is 1. The average Bonchev–Trinajstić information content (AvgIpc) is 3.07. The molecule has 134 valence electrons. The predicted molar refractivity (Wildman–Crippen MR) is 108 cm³/mol. The highest BCUT2D eigenvalue weighted by atomic mass is 32.1. The van der Waals surface area contributed by atoms with E-state index in [2.05, 4.69) is 30.9 Å². The van der Waals surface area contributed by atoms with Crippen LogP contribution >= 0.6 is 11.3 Å². The van der Waals surface area contributed by atoms with Crippen molar-refractivity contribution in [2.75, 3.05) is 31.1 Å². The first-order chi connectivity index (χ1) is 12.6. The number of hydrogen-bond acceptors (Lipinski definition) is 4. The van der Waals surface area contributed by atoms with Crippen molar-refractivity contribution in [2.24, 2.45) is 0 Å². The van der Waals surface area contributed by atoms with Gasteiger partial charge in [-0.25, -0.2) is 4.98 Å². The number of amides is 1. The molecule has 3 aromatic rings. The van der Waals surface area contributed by atoms with E-state index in [1.54, 1.807) is 11.3 Å². The Hall–Kier alpha value is -2.40. The van der Waals surface area contributed by atoms with Crippen LogP contribution in [-0.2, 0) is 11.2 Å². The van der Waals surface area contributed by atoms with Crippen LogP contribution in [0, 0.1) is 13.8 Å². The van der Waals surface area contributed by atoms with E-state index in [4.69, 9.17) is 4.98 Å². The lowest BCUT2D eigenvalue weighted by Crippen LogP contribution is -2.49. The second kappa shape index (κ2) is 7.08. The third-order valence-corrected chi connectivity index (χ3v) is 5.98. The molecule has 2 heterocycles. The lowest BCUT2D eigenvalue weighted by molar-refractivity contribution is -0.130. The quantitative estimate of drug-likeness (QED) is 0.708. The molecule has 1 aliphatic heterocycles. The Bertz CT molecular complexity index is 927. The number of aryl methyl sites for hydroxylation is 2. The summed E-state index contributed by atoms with van der Waals surface area (Å²) >= 11 is 1.76. The first kappa shape index (κ1) is 17.0. The summed E-state index contributed by atoms with van der Waals surface area (Å²) in [6.45, 7) is 7.47. The van der Waals surface area contributed by atoms with Crippen molar-refractivity contribution >= 4 is 32.6 Å². The summed E-state index contributed by atoms with van der Waals surface area (Å²) in [7, 11) is 0. The van der Waals surface area contributed by atoms with E-state index in [0.29, 0.717) is 6.42 Å². The standard InChI is InChI=1S/C21H23N3OS/c1-15-12-16(2)20-18(13-15)26-21(22-20)24-10-8-23(9-11-24)19(25)14-17-6-4-3-5-7-17/h3-7,12-13H,8-11,14H2,1-2H3. The minimum atomic E-state index is 0.214. The highest BCUT2D eigenvalue weighted by Crippen LogP contribution is 2.32. The minimum Gasteiger partial charge on any atom is -0.345 e. The molecule has 1 aromatic heterocycles. The van der Waals surface area contributed by atoms with Gasteiger partial charge in [-0.2, -0.15) is 0 Å². The second-order valence-electron chi connectivity index (χ2n) is 6.96. The van der Waals surface area contributed by atoms with Gasteiger partial charge in [0, 0.05) is 26.2 Å². The average molecular weight is 366 g/mol. The van der Waals surface area contributed by atoms with Gasteiger partial charge in [-0.3, -0.25) is 4.79 Å². The Morgan fingerprint density at radius 1 is 1.08 bits per heavy atom. The molecule has 26 heavy (non-hydrogen) atoms. The third-order valence-electron chi connectivity index (χ3n) is 4.92. The fourth-order valence-corrected chi connectivity index (χ4v) is 4.72. The largest absolute Gasteiger partial charge is 0.345 e. The van der Waals surface area contributed by atoms with E-state index in [-0.39, 0.29) is 5.91 Å². The summed E-state index contributed by atoms with van der Waals surface area (Å²) in [6.07, 6.45) is 0.487. The molecule has 1 fully saturated rings. The minimum absolute atomic E-state index is 0.214. The molecule has 0 radical (unpaired) electrons. The molecule has 0 N–H and O–H groups in total. The Balaban J connectivity index is 1.42. The lowest BCUT2D eigenvalue weighted by atomic mass is 10.1. The number of carbonyl (C=O) groups excluding carboxylic acids is 1. The summed E-state index contributed by atoms with van der Waals surface area (Å²) < 4.78 is 1.25. The monoisotopic (exact) mass is 365 g/mol. The number of aromatic nitrogens is 1. The highest BCUT2D eigenvalue weighted by Gasteiger charge is 2.23. The summed E-state index contributed by atoms with van der Waals surface area (Å²) in [5, 5.41) is 1.07. The van der Waals surface area contributed by atoms with Crippen molar-refractivity contribution in [3.05, 3.63) is 59.2 Å². The Labute approximate surface area is 158 Å². The molecule has 0 atom stereocenters. The van der Waals surface area contributed by atoms with Gasteiger partial charge in [-0.05, 0) is 36.6 Å². The van der Waals surface area contributed by atoms with Crippen molar-refractivity contribution in [3.63, 3.8) is 0 Å². The maximum absolute atomic E-state index is 12.5. The van der Waals surface area contributed by atoms with Crippen LogP contribution < -0.4 is 4.90 Å². The van der Waals surface area contributed by atoms with Gasteiger partial charge in [0.15, 0.2) is 5.13 Å². The SMILES string of the molecule is Cc1cc(C)c2nc(N3CCN(C(=O)Cc4ccccc4)CC3)sc2c1. The van der Waals surface area contributed by atoms with Crippen LogP contribution in [0.2, 0.25) is 0 Å². The summed E-state index contributed by atoms with van der Waals surface area (Å²) in [5.41, 5.74) is 4.70. The fraction of sp³-hybridized carbons (Fsp3) is 0.333. The number of anilines is 1. The summed E-state index contributed by atoms with van der Waals surface area (Å²) in [5.74, 6) is 0.214. The number of hydrogen-bond donors (Lipinski definition) is 0. The molecule has 0 saturated carbocycles. The molecule has 5 heteroatoms. The fourth-order valence-electron chi connectivity index (χ4n) is 3.52. The summed E-state index contributed by atoms with van der Waals surface area (Å²) in [6, 6.07) is 14.4. The zero-order valence-corrected chi connectivity index (χ0v) is 16.1. The molecule has 4 nitrogen and oxygen atoms in total. The van der Waals surface area contributed by atoms with Gasteiger partial charge in [-0.15, -0.1) is 0 Å². The van der Waals surface area contributed by atoms with Gasteiger partial charge in [-0.1, -0.05) is 47.7 Å². The van der Waals surface area contributed by atoms with Crippen LogP contribution in [0.4, 0.5) is 5.13 Å². The predicted octanol–water partition coefficient (Wildman–Crippen LogP) is 3.80. The number of carbonyl (C=O) groups is 1. The molecule has 1 amide bonds. The molecular weight excluding hydrogens is 342 g/mol. The van der Waals surface area contributed by atoms with Gasteiger partial charge in [0.25, 0.3) is 0 Å². The maximum atomic E-state index is 12.5. The molecule has 1 aliphatic rings. The second-order valence-corrected chi connectivity index (χ2v) is 7.96. The Kier molecular flexibility index (Phi) is 4.64. The highest BCUT2D eigenvalue weighted by molar-refractivity contribution is 7.22. The van der Waals surface area contributed by atoms with E-state index in [1.165, 1.54) is 15.8 Å². The molecular formula is C21H23N3OS. The number of nitrogens with zero attached hydrogens (tertiary/aromatic N) is 3. The van der Waals surface area contributed by atoms with Crippen molar-refractivity contribution < 1.29 is 4.79 Å². The Morgan fingerprint density at radius 2 is 1.81 bits per heavy atom. The van der Waals surface area contributed by atoms with Gasteiger partial charge in [0.2, 0.25) is 5.91 Å². The van der Waals surface area contributed by atoms with Crippen molar-refractivity contribution in [3.8, 4) is 0 Å². The lowest BCUT2D eigenvalue weighted by Gasteiger charge is -2.34. The van der Waals surface area contributed by atoms with Crippen LogP contribution in [0.1, 0.15) is 16.7 Å². The molecule has 4 rings (SSSR count). The number of rotatable bonds is 3. The van der Waals surface area contributed by atoms with Crippen molar-refractivity contribution in [1.29, 1.82) is 0 Å². The zero-order chi connectivity index (χ0) is 18.1. The van der Waals surface area contributed by atoms with Crippen LogP contribution in [-0.4, -0.2) is 42.0 Å². The molecule has 0 spiro atoms. The van der Waals surface area contributed by atoms with Gasteiger partial charge in [0.1, 0.15) is 0 Å². The smallest absolute Gasteiger partial charge is 0.227 e. The molecule has 0 unspecified atom stereocenters. The Morgan fingerprint density at radius 3 is 2.54 bits per heavy atom. The first-order valence-corrected chi connectivity index (χ1v) is 9.86. The normalized spacial score (nSPS) is 14.8. The molecule has 0 aliphatic carbocycles. The van der Waals surface area contributed by atoms with E-state index < -0.39 is 0 Å². The number of fused-ring (bicyclic) bond motifs is 1. The number of benzene rings is 2. The molecule has 2 aromatic carbocycles. The van der Waals surface area contributed by atoms with Crippen molar-refractivity contribution in [1.82, 2.24) is 9.88 Å². The van der Waals surface area contributed by atoms with Crippen LogP contribution in [0.5, 0.6) is 0 Å². The van der Waals surface area contributed by atoms with Gasteiger partial charge < -0.3 is 9.80 Å². The topological polar surface area (TPSA) is 36.4 Å². The third kappa shape index (κ3) is 3.44. The van der Waals surface area contributed by atoms with Crippen LogP contribution in [0.15, 0.2) is 42.5 Å². The van der Waals surface area contributed by atoms with Crippen LogP contribution in [0.25, 0.3) is 10.2 Å². The summed E-state index contributed by atoms with van der Waals surface area (Å²) in [4.78, 5) is 21.7. The van der Waals surface area contributed by atoms with E-state index >= 15 is 0 Å². The maximum Gasteiger partial charge on any atom is 0.227 e. The van der Waals surface area contributed by atoms with Gasteiger partial charge >= 0.3 is 0 Å². The zero-order valence-electron chi connectivity index (χ0n) is 15.2. The van der Waals surface area contributed by atoms with Gasteiger partial charge in [0.05, 0.1) is 16.6 Å². The van der Waals surface area contributed by atoms with E-state index in [1.807, 2.05) is 35.2 Å². The van der Waals surface area contributed by atoms with Crippen LogP contribution in [0.3, 0.4) is 0 Å². The molecule has 0 bridgehead atoms. The van der Waals surface area contributed by atoms with E-state index in [0.717, 1.165) is 42.4 Å².